The number of ether oxygens (including phenoxy) is 1. The van der Waals surface area contributed by atoms with Crippen molar-refractivity contribution in [1.82, 2.24) is 5.16 Å². The third kappa shape index (κ3) is 3.16. The minimum absolute atomic E-state index is 0.0634. The lowest BCUT2D eigenvalue weighted by Crippen LogP contribution is -1.96. The molecule has 2 rings (SSSR count). The van der Waals surface area contributed by atoms with Gasteiger partial charge in [-0.1, -0.05) is 11.2 Å². The summed E-state index contributed by atoms with van der Waals surface area (Å²) in [5.74, 6) is 1.52. The Labute approximate surface area is 129 Å². The van der Waals surface area contributed by atoms with Gasteiger partial charge in [0.25, 0.3) is 0 Å². The number of nitrogens with zero attached hydrogens (tertiary/aromatic N) is 3. The first-order valence-corrected chi connectivity index (χ1v) is 6.69. The van der Waals surface area contributed by atoms with Crippen LogP contribution in [0.1, 0.15) is 28.1 Å². The molecule has 5 heteroatoms. The average molecular weight is 293 g/mol. The average Bonchev–Trinajstić information content (AvgIpc) is 2.84. The maximum absolute atomic E-state index is 8.85. The Hall–Kier alpha value is -3.05. The topological polar surface area (TPSA) is 82.8 Å². The van der Waals surface area contributed by atoms with Gasteiger partial charge in [0.2, 0.25) is 0 Å². The molecule has 0 saturated heterocycles. The van der Waals surface area contributed by atoms with Crippen LogP contribution >= 0.6 is 0 Å². The van der Waals surface area contributed by atoms with Gasteiger partial charge >= 0.3 is 0 Å². The van der Waals surface area contributed by atoms with Crippen LogP contribution in [0, 0.1) is 36.5 Å². The molecule has 1 heterocycles. The van der Waals surface area contributed by atoms with Crippen LogP contribution in [0.15, 0.2) is 28.3 Å². The molecule has 0 amide bonds. The summed E-state index contributed by atoms with van der Waals surface area (Å²) >= 11 is 0. The van der Waals surface area contributed by atoms with Gasteiger partial charge in [-0.3, -0.25) is 0 Å². The quantitative estimate of drug-likeness (QED) is 0.807. The predicted octanol–water partition coefficient (Wildman–Crippen LogP) is 3.32. The summed E-state index contributed by atoms with van der Waals surface area (Å²) in [4.78, 5) is 0. The molecule has 5 nitrogen and oxygen atoms in total. The molecule has 0 aliphatic heterocycles. The van der Waals surface area contributed by atoms with E-state index >= 15 is 0 Å². The van der Waals surface area contributed by atoms with E-state index in [2.05, 4.69) is 5.16 Å². The second kappa shape index (κ2) is 6.60. The molecule has 0 atom stereocenters. The molecule has 0 saturated carbocycles. The van der Waals surface area contributed by atoms with Crippen LogP contribution in [0.2, 0.25) is 0 Å². The fourth-order valence-electron chi connectivity index (χ4n) is 2.23. The van der Waals surface area contributed by atoms with E-state index < -0.39 is 0 Å². The first kappa shape index (κ1) is 15.3. The van der Waals surface area contributed by atoms with Gasteiger partial charge in [0, 0.05) is 12.0 Å². The molecule has 22 heavy (non-hydrogen) atoms. The first-order valence-electron chi connectivity index (χ1n) is 6.69. The first-order chi connectivity index (χ1) is 10.6. The van der Waals surface area contributed by atoms with Crippen LogP contribution in [-0.4, -0.2) is 12.3 Å². The van der Waals surface area contributed by atoms with E-state index in [1.807, 2.05) is 44.2 Å². The smallest absolute Gasteiger partial charge is 0.137 e. The fourth-order valence-corrected chi connectivity index (χ4v) is 2.23. The van der Waals surface area contributed by atoms with Gasteiger partial charge in [0.05, 0.1) is 12.8 Å². The molecule has 110 valence electrons. The SMILES string of the molecule is COc1ccc(C=C(C#N)C#N)cc1Cc1c(C)noc1C. The van der Waals surface area contributed by atoms with Gasteiger partial charge in [-0.05, 0) is 43.2 Å². The van der Waals surface area contributed by atoms with E-state index in [4.69, 9.17) is 19.8 Å². The molecule has 1 aromatic carbocycles. The van der Waals surface area contributed by atoms with Gasteiger partial charge in [-0.25, -0.2) is 0 Å². The Balaban J connectivity index is 2.44. The molecule has 0 radical (unpaired) electrons. The summed E-state index contributed by atoms with van der Waals surface area (Å²) in [5.41, 5.74) is 3.64. The summed E-state index contributed by atoms with van der Waals surface area (Å²) in [5, 5.41) is 21.7. The molecule has 0 unspecified atom stereocenters. The van der Waals surface area contributed by atoms with Crippen molar-refractivity contribution in [2.45, 2.75) is 20.3 Å². The number of aromatic nitrogens is 1. The Kier molecular flexibility index (Phi) is 4.60. The lowest BCUT2D eigenvalue weighted by atomic mass is 10.00. The second-order valence-corrected chi connectivity index (χ2v) is 4.83. The van der Waals surface area contributed by atoms with Crippen LogP contribution in [0.4, 0.5) is 0 Å². The van der Waals surface area contributed by atoms with Crippen molar-refractivity contribution in [2.24, 2.45) is 0 Å². The molecule has 2 aromatic rings. The van der Waals surface area contributed by atoms with E-state index in [9.17, 15) is 0 Å². The number of hydrogen-bond acceptors (Lipinski definition) is 5. The zero-order chi connectivity index (χ0) is 16.1. The highest BCUT2D eigenvalue weighted by atomic mass is 16.5. The third-order valence-corrected chi connectivity index (χ3v) is 3.40. The maximum Gasteiger partial charge on any atom is 0.137 e. The zero-order valence-corrected chi connectivity index (χ0v) is 12.7. The van der Waals surface area contributed by atoms with Crippen molar-refractivity contribution in [2.75, 3.05) is 7.11 Å². The van der Waals surface area contributed by atoms with Crippen molar-refractivity contribution in [3.05, 3.63) is 51.9 Å². The Morgan fingerprint density at radius 2 is 2.05 bits per heavy atom. The third-order valence-electron chi connectivity index (χ3n) is 3.40. The minimum atomic E-state index is 0.0634. The van der Waals surface area contributed by atoms with E-state index in [1.165, 1.54) is 0 Å². The molecular weight excluding hydrogens is 278 g/mol. The Morgan fingerprint density at radius 1 is 1.32 bits per heavy atom. The van der Waals surface area contributed by atoms with Crippen LogP contribution in [0.3, 0.4) is 0 Å². The van der Waals surface area contributed by atoms with Crippen LogP contribution in [0.25, 0.3) is 6.08 Å². The summed E-state index contributed by atoms with van der Waals surface area (Å²) in [6.45, 7) is 3.76. The summed E-state index contributed by atoms with van der Waals surface area (Å²) in [6.07, 6.45) is 2.16. The molecule has 0 bridgehead atoms. The van der Waals surface area contributed by atoms with Gasteiger partial charge in [0.15, 0.2) is 0 Å². The molecule has 1 aromatic heterocycles. The number of hydrogen-bond donors (Lipinski definition) is 0. The van der Waals surface area contributed by atoms with Gasteiger partial charge in [-0.15, -0.1) is 0 Å². The molecular formula is C17H15N3O2. The van der Waals surface area contributed by atoms with E-state index in [0.29, 0.717) is 6.42 Å². The Bertz CT molecular complexity index is 769. The molecule has 0 aliphatic rings. The van der Waals surface area contributed by atoms with Crippen molar-refractivity contribution in [3.63, 3.8) is 0 Å². The Morgan fingerprint density at radius 3 is 2.59 bits per heavy atom. The van der Waals surface area contributed by atoms with Crippen molar-refractivity contribution >= 4 is 6.08 Å². The lowest BCUT2D eigenvalue weighted by molar-refractivity contribution is 0.392. The number of methoxy groups -OCH3 is 1. The molecule has 0 aliphatic carbocycles. The van der Waals surface area contributed by atoms with Crippen molar-refractivity contribution in [3.8, 4) is 17.9 Å². The largest absolute Gasteiger partial charge is 0.496 e. The van der Waals surface area contributed by atoms with Crippen LogP contribution in [-0.2, 0) is 6.42 Å². The maximum atomic E-state index is 8.85. The monoisotopic (exact) mass is 293 g/mol. The normalized spacial score (nSPS) is 9.68. The zero-order valence-electron chi connectivity index (χ0n) is 12.7. The van der Waals surface area contributed by atoms with Crippen molar-refractivity contribution in [1.29, 1.82) is 10.5 Å². The van der Waals surface area contributed by atoms with E-state index in [0.717, 1.165) is 33.9 Å². The highest BCUT2D eigenvalue weighted by Crippen LogP contribution is 2.26. The molecule has 0 N–H and O–H groups in total. The van der Waals surface area contributed by atoms with Gasteiger partial charge in [-0.2, -0.15) is 10.5 Å². The van der Waals surface area contributed by atoms with Gasteiger partial charge < -0.3 is 9.26 Å². The number of benzene rings is 1. The fraction of sp³-hybridized carbons (Fsp3) is 0.235. The van der Waals surface area contributed by atoms with E-state index in [1.54, 1.807) is 13.2 Å². The lowest BCUT2D eigenvalue weighted by Gasteiger charge is -2.09. The summed E-state index contributed by atoms with van der Waals surface area (Å²) in [6, 6.07) is 9.25. The van der Waals surface area contributed by atoms with Crippen LogP contribution < -0.4 is 4.74 Å². The molecule has 0 spiro atoms. The number of nitriles is 2. The number of aryl methyl sites for hydroxylation is 2. The van der Waals surface area contributed by atoms with Crippen molar-refractivity contribution < 1.29 is 9.26 Å². The van der Waals surface area contributed by atoms with Crippen LogP contribution in [0.5, 0.6) is 5.75 Å². The second-order valence-electron chi connectivity index (χ2n) is 4.83. The summed E-state index contributed by atoms with van der Waals surface area (Å²) < 4.78 is 10.6. The summed E-state index contributed by atoms with van der Waals surface area (Å²) in [7, 11) is 1.61. The highest BCUT2D eigenvalue weighted by Gasteiger charge is 2.13. The number of allylic oxidation sites excluding steroid dienone is 1. The standard InChI is InChI=1S/C17H15N3O2/c1-11-16(12(2)22-20-11)8-15-7-13(4-5-17(15)21-3)6-14(9-18)10-19/h4-7H,8H2,1-3H3. The molecule has 0 fully saturated rings. The minimum Gasteiger partial charge on any atom is -0.496 e. The number of rotatable bonds is 4. The highest BCUT2D eigenvalue weighted by molar-refractivity contribution is 5.63. The van der Waals surface area contributed by atoms with E-state index in [-0.39, 0.29) is 5.57 Å². The predicted molar refractivity (Wildman–Crippen MR) is 81.0 cm³/mol. The van der Waals surface area contributed by atoms with Gasteiger partial charge in [0.1, 0.15) is 29.2 Å².